The van der Waals surface area contributed by atoms with Crippen LogP contribution in [0.5, 0.6) is 0 Å². The molecule has 0 saturated carbocycles. The van der Waals surface area contributed by atoms with Gasteiger partial charge in [-0.3, -0.25) is 4.79 Å². The fourth-order valence-electron chi connectivity index (χ4n) is 0.463. The number of thiophene rings is 1. The van der Waals surface area contributed by atoms with Gasteiger partial charge in [0.1, 0.15) is 0 Å². The highest BCUT2D eigenvalue weighted by molar-refractivity contribution is 7.83. The Hall–Kier alpha value is -0.480. The molecular formula is C5H5NOS2. The largest absolute Gasteiger partial charge is 0.320 e. The second-order valence-corrected chi connectivity index (χ2v) is 3.27. The molecule has 1 amide bonds. The first-order valence-corrected chi connectivity index (χ1v) is 3.58. The molecule has 0 fully saturated rings. The first kappa shape index (κ1) is 6.64. The molecule has 1 rings (SSSR count). The summed E-state index contributed by atoms with van der Waals surface area (Å²) in [6.45, 7) is 0. The van der Waals surface area contributed by atoms with Crippen molar-refractivity contribution in [3.8, 4) is 0 Å². The molecule has 0 radical (unpaired) electrons. The summed E-state index contributed by atoms with van der Waals surface area (Å²) in [7, 11) is 0. The molecule has 1 aromatic rings. The lowest BCUT2D eigenvalue weighted by atomic mass is 10.6. The Labute approximate surface area is 62.3 Å². The lowest BCUT2D eigenvalue weighted by Gasteiger charge is -1.85. The number of carbonyl (C=O) groups excluding carboxylic acids is 1. The second kappa shape index (κ2) is 2.89. The minimum Gasteiger partial charge on any atom is -0.320 e. The van der Waals surface area contributed by atoms with Crippen molar-refractivity contribution in [1.82, 2.24) is 0 Å². The zero-order chi connectivity index (χ0) is 6.69. The van der Waals surface area contributed by atoms with E-state index in [4.69, 9.17) is 0 Å². The first-order valence-electron chi connectivity index (χ1n) is 2.32. The van der Waals surface area contributed by atoms with E-state index in [1.807, 2.05) is 6.07 Å². The summed E-state index contributed by atoms with van der Waals surface area (Å²) in [5.41, 5.74) is 0. The average Bonchev–Trinajstić information content (AvgIpc) is 2.17. The maximum absolute atomic E-state index is 9.85. The molecule has 9 heavy (non-hydrogen) atoms. The zero-order valence-corrected chi connectivity index (χ0v) is 6.21. The smallest absolute Gasteiger partial charge is 0.212 e. The Kier molecular flexibility index (Phi) is 2.13. The van der Waals surface area contributed by atoms with Gasteiger partial charge in [0.25, 0.3) is 0 Å². The van der Waals surface area contributed by atoms with Gasteiger partial charge in [0.05, 0.1) is 9.21 Å². The van der Waals surface area contributed by atoms with Gasteiger partial charge >= 0.3 is 0 Å². The molecular weight excluding hydrogens is 154 g/mol. The summed E-state index contributed by atoms with van der Waals surface area (Å²) >= 11 is 5.49. The molecule has 4 heteroatoms. The van der Waals surface area contributed by atoms with E-state index in [0.29, 0.717) is 6.41 Å². The fourth-order valence-corrected chi connectivity index (χ4v) is 1.44. The number of hydrogen-bond donors (Lipinski definition) is 2. The molecule has 0 saturated heterocycles. The van der Waals surface area contributed by atoms with E-state index in [-0.39, 0.29) is 0 Å². The number of thiol groups is 1. The minimum absolute atomic E-state index is 0.652. The van der Waals surface area contributed by atoms with Crippen molar-refractivity contribution in [1.29, 1.82) is 0 Å². The van der Waals surface area contributed by atoms with Crippen molar-refractivity contribution in [3.63, 3.8) is 0 Å². The van der Waals surface area contributed by atoms with Crippen LogP contribution in [0, 0.1) is 0 Å². The summed E-state index contributed by atoms with van der Waals surface area (Å²) in [6.07, 6.45) is 0.652. The summed E-state index contributed by atoms with van der Waals surface area (Å²) in [5, 5.41) is 3.35. The number of amides is 1. The summed E-state index contributed by atoms with van der Waals surface area (Å²) in [4.78, 5) is 9.85. The van der Waals surface area contributed by atoms with Gasteiger partial charge in [-0.2, -0.15) is 0 Å². The highest BCUT2D eigenvalue weighted by Crippen LogP contribution is 2.23. The van der Waals surface area contributed by atoms with E-state index in [0.717, 1.165) is 9.21 Å². The zero-order valence-electron chi connectivity index (χ0n) is 4.50. The van der Waals surface area contributed by atoms with Crippen LogP contribution in [0.2, 0.25) is 0 Å². The van der Waals surface area contributed by atoms with E-state index in [9.17, 15) is 4.79 Å². The third kappa shape index (κ3) is 1.73. The highest BCUT2D eigenvalue weighted by atomic mass is 32.2. The van der Waals surface area contributed by atoms with Gasteiger partial charge in [0.2, 0.25) is 6.41 Å². The van der Waals surface area contributed by atoms with Crippen molar-refractivity contribution in [3.05, 3.63) is 12.1 Å². The summed E-state index contributed by atoms with van der Waals surface area (Å²) < 4.78 is 0.902. The Morgan fingerprint density at radius 1 is 1.67 bits per heavy atom. The monoisotopic (exact) mass is 159 g/mol. The third-order valence-corrected chi connectivity index (χ3v) is 2.03. The normalized spacial score (nSPS) is 9.00. The van der Waals surface area contributed by atoms with Crippen LogP contribution >= 0.6 is 24.0 Å². The van der Waals surface area contributed by atoms with Crippen molar-refractivity contribution in [2.24, 2.45) is 0 Å². The molecule has 0 bridgehead atoms. The van der Waals surface area contributed by atoms with Crippen molar-refractivity contribution >= 4 is 35.4 Å². The molecule has 2 nitrogen and oxygen atoms in total. The number of carbonyl (C=O) groups is 1. The third-order valence-electron chi connectivity index (χ3n) is 0.793. The van der Waals surface area contributed by atoms with Gasteiger partial charge in [-0.1, -0.05) is 0 Å². The molecule has 0 aromatic carbocycles. The van der Waals surface area contributed by atoms with E-state index in [2.05, 4.69) is 17.9 Å². The predicted molar refractivity (Wildman–Crippen MR) is 41.3 cm³/mol. The van der Waals surface area contributed by atoms with Crippen LogP contribution in [0.25, 0.3) is 0 Å². The molecule has 48 valence electrons. The molecule has 0 spiro atoms. The topological polar surface area (TPSA) is 29.1 Å². The maximum atomic E-state index is 9.85. The Morgan fingerprint density at radius 2 is 2.44 bits per heavy atom. The summed E-state index contributed by atoms with van der Waals surface area (Å²) in [5.74, 6) is 0. The number of anilines is 1. The SMILES string of the molecule is O=CNc1ccc(S)s1. The summed E-state index contributed by atoms with van der Waals surface area (Å²) in [6, 6.07) is 3.64. The molecule has 0 aliphatic heterocycles. The number of hydrogen-bond acceptors (Lipinski definition) is 3. The van der Waals surface area contributed by atoms with Crippen LogP contribution in [0.3, 0.4) is 0 Å². The Morgan fingerprint density at radius 3 is 2.89 bits per heavy atom. The molecule has 1 N–H and O–H groups in total. The second-order valence-electron chi connectivity index (χ2n) is 1.40. The molecule has 0 aliphatic rings. The molecule has 1 heterocycles. The van der Waals surface area contributed by atoms with E-state index < -0.39 is 0 Å². The molecule has 1 aromatic heterocycles. The predicted octanol–water partition coefficient (Wildman–Crippen LogP) is 1.61. The van der Waals surface area contributed by atoms with Gasteiger partial charge in [-0.25, -0.2) is 0 Å². The van der Waals surface area contributed by atoms with Gasteiger partial charge in [-0.05, 0) is 12.1 Å². The van der Waals surface area contributed by atoms with E-state index in [1.165, 1.54) is 11.3 Å². The van der Waals surface area contributed by atoms with Gasteiger partial charge in [0, 0.05) is 0 Å². The maximum Gasteiger partial charge on any atom is 0.212 e. The quantitative estimate of drug-likeness (QED) is 0.498. The van der Waals surface area contributed by atoms with Gasteiger partial charge < -0.3 is 5.32 Å². The van der Waals surface area contributed by atoms with Gasteiger partial charge in [0.15, 0.2) is 0 Å². The molecule has 0 aliphatic carbocycles. The standard InChI is InChI=1S/C5H5NOS2/c7-3-6-4-1-2-5(8)9-4/h1-3,8H,(H,6,7). The van der Waals surface area contributed by atoms with Crippen LogP contribution in [0.1, 0.15) is 0 Å². The van der Waals surface area contributed by atoms with Crippen LogP contribution in [-0.2, 0) is 4.79 Å². The van der Waals surface area contributed by atoms with Crippen molar-refractivity contribution < 1.29 is 4.79 Å². The lowest BCUT2D eigenvalue weighted by Crippen LogP contribution is -1.88. The average molecular weight is 159 g/mol. The van der Waals surface area contributed by atoms with E-state index >= 15 is 0 Å². The molecule has 0 atom stereocenters. The minimum atomic E-state index is 0.652. The number of rotatable bonds is 2. The lowest BCUT2D eigenvalue weighted by molar-refractivity contribution is -0.105. The highest BCUT2D eigenvalue weighted by Gasteiger charge is 1.91. The van der Waals surface area contributed by atoms with Crippen molar-refractivity contribution in [2.45, 2.75) is 4.21 Å². The number of nitrogens with one attached hydrogen (secondary N) is 1. The molecule has 0 unspecified atom stereocenters. The fraction of sp³-hybridized carbons (Fsp3) is 0. The Balaban J connectivity index is 2.72. The van der Waals surface area contributed by atoms with Crippen LogP contribution in [0.4, 0.5) is 5.00 Å². The van der Waals surface area contributed by atoms with Gasteiger partial charge in [-0.15, -0.1) is 24.0 Å². The van der Waals surface area contributed by atoms with E-state index in [1.54, 1.807) is 6.07 Å². The van der Waals surface area contributed by atoms with Crippen LogP contribution < -0.4 is 5.32 Å². The first-order chi connectivity index (χ1) is 4.33. The van der Waals surface area contributed by atoms with Crippen molar-refractivity contribution in [2.75, 3.05) is 5.32 Å². The van der Waals surface area contributed by atoms with Crippen LogP contribution in [-0.4, -0.2) is 6.41 Å². The Bertz CT molecular complexity index is 208. The van der Waals surface area contributed by atoms with Crippen LogP contribution in [0.15, 0.2) is 16.3 Å².